The molecule has 0 aliphatic carbocycles. The lowest BCUT2D eigenvalue weighted by Crippen LogP contribution is -3.00. The Kier molecular flexibility index (Phi) is 23.7. The summed E-state index contributed by atoms with van der Waals surface area (Å²) in [5, 5.41) is 20.6. The molecule has 0 spiro atoms. The van der Waals surface area contributed by atoms with Crippen molar-refractivity contribution in [2.75, 3.05) is 6.54 Å². The molecule has 0 aromatic heterocycles. The first-order valence-electron chi connectivity index (χ1n) is 12.4. The smallest absolute Gasteiger partial charge is 0.149 e. The van der Waals surface area contributed by atoms with Gasteiger partial charge in [-0.15, -0.1) is 0 Å². The summed E-state index contributed by atoms with van der Waals surface area (Å²) in [6, 6.07) is -0.0661. The van der Waals surface area contributed by atoms with Crippen molar-refractivity contribution >= 4 is 0 Å². The zero-order chi connectivity index (χ0) is 20.2. The van der Waals surface area contributed by atoms with Crippen LogP contribution >= 0.6 is 0 Å². The lowest BCUT2D eigenvalue weighted by molar-refractivity contribution is -1.26. The number of hydroxylamine groups is 4. The maximum Gasteiger partial charge on any atom is 0.149 e. The number of unbranched alkanes of at least 4 members (excludes halogenated alkanes) is 16. The van der Waals surface area contributed by atoms with Crippen LogP contribution in [0.25, 0.3) is 0 Å². The Labute approximate surface area is 183 Å². The summed E-state index contributed by atoms with van der Waals surface area (Å²) in [5.41, 5.74) is 0. The Balaban J connectivity index is 0. The summed E-state index contributed by atoms with van der Waals surface area (Å²) in [4.78, 5) is -0.770. The van der Waals surface area contributed by atoms with Crippen molar-refractivity contribution < 1.29 is 27.6 Å². The molecule has 0 aliphatic rings. The Morgan fingerprint density at radius 1 is 0.536 bits per heavy atom. The summed E-state index contributed by atoms with van der Waals surface area (Å²) in [6.07, 6.45) is 24.1. The summed E-state index contributed by atoms with van der Waals surface area (Å²) in [6.45, 7) is 6.98. The molecule has 172 valence electrons. The molecule has 1 atom stereocenters. The van der Waals surface area contributed by atoms with E-state index >= 15 is 0 Å². The van der Waals surface area contributed by atoms with Gasteiger partial charge in [0.1, 0.15) is 12.6 Å². The van der Waals surface area contributed by atoms with Crippen molar-refractivity contribution in [3.05, 3.63) is 0 Å². The van der Waals surface area contributed by atoms with Gasteiger partial charge in [-0.25, -0.2) is 0 Å². The van der Waals surface area contributed by atoms with Crippen LogP contribution in [0.15, 0.2) is 0 Å². The first-order valence-corrected chi connectivity index (χ1v) is 12.4. The van der Waals surface area contributed by atoms with Gasteiger partial charge in [0, 0.05) is 12.8 Å². The molecule has 0 saturated heterocycles. The van der Waals surface area contributed by atoms with Crippen LogP contribution in [0.3, 0.4) is 0 Å². The number of rotatable bonds is 21. The molecular weight excluding hydrogens is 370 g/mol. The molecule has 2 N–H and O–H groups in total. The minimum Gasteiger partial charge on any atom is -1.00 e. The normalized spacial score (nSPS) is 12.8. The zero-order valence-electron chi connectivity index (χ0n) is 19.4. The van der Waals surface area contributed by atoms with Gasteiger partial charge >= 0.3 is 0 Å². The first-order chi connectivity index (χ1) is 13.0. The summed E-state index contributed by atoms with van der Waals surface area (Å²) < 4.78 is 0. The highest BCUT2D eigenvalue weighted by molar-refractivity contribution is 4.53. The fourth-order valence-electron chi connectivity index (χ4n) is 3.83. The molecule has 0 fully saturated rings. The number of nitrogens with zero attached hydrogens (tertiary/aromatic N) is 1. The topological polar surface area (TPSA) is 40.5 Å². The third-order valence-corrected chi connectivity index (χ3v) is 6.02. The number of hydrogen-bond acceptors (Lipinski definition) is 2. The quantitative estimate of drug-likeness (QED) is 0.147. The summed E-state index contributed by atoms with van der Waals surface area (Å²) in [5.74, 6) is 0. The van der Waals surface area contributed by atoms with Crippen molar-refractivity contribution in [3.63, 3.8) is 0 Å². The van der Waals surface area contributed by atoms with Crippen molar-refractivity contribution in [1.29, 1.82) is 0 Å². The van der Waals surface area contributed by atoms with E-state index in [1.54, 1.807) is 0 Å². The van der Waals surface area contributed by atoms with E-state index in [2.05, 4.69) is 13.8 Å². The van der Waals surface area contributed by atoms with Crippen LogP contribution in [0.5, 0.6) is 0 Å². The van der Waals surface area contributed by atoms with Crippen LogP contribution in [0.4, 0.5) is 0 Å². The SMILES string of the molecule is CCCCCCCCCCCC(C)[N+](O)(O)CCCCCCCCCCC.[Cl-]. The average molecular weight is 422 g/mol. The molecule has 3 nitrogen and oxygen atoms in total. The third kappa shape index (κ3) is 19.5. The molecule has 0 heterocycles. The van der Waals surface area contributed by atoms with Crippen LogP contribution < -0.4 is 12.4 Å². The van der Waals surface area contributed by atoms with E-state index < -0.39 is 4.81 Å². The molecular formula is C24H52ClNO2. The molecule has 0 aromatic carbocycles. The van der Waals surface area contributed by atoms with Gasteiger partial charge in [-0.2, -0.15) is 10.4 Å². The van der Waals surface area contributed by atoms with E-state index in [0.717, 1.165) is 25.7 Å². The van der Waals surface area contributed by atoms with Gasteiger partial charge in [-0.05, 0) is 24.6 Å². The molecule has 0 rings (SSSR count). The molecule has 0 bridgehead atoms. The van der Waals surface area contributed by atoms with Crippen LogP contribution in [0.2, 0.25) is 0 Å². The molecule has 28 heavy (non-hydrogen) atoms. The van der Waals surface area contributed by atoms with E-state index in [4.69, 9.17) is 0 Å². The van der Waals surface area contributed by atoms with Gasteiger partial charge in [0.2, 0.25) is 0 Å². The van der Waals surface area contributed by atoms with Crippen molar-refractivity contribution in [2.24, 2.45) is 0 Å². The molecule has 1 unspecified atom stereocenters. The van der Waals surface area contributed by atoms with Gasteiger partial charge in [-0.3, -0.25) is 0 Å². The molecule has 0 amide bonds. The second-order valence-corrected chi connectivity index (χ2v) is 8.80. The van der Waals surface area contributed by atoms with E-state index in [1.807, 2.05) is 6.92 Å². The van der Waals surface area contributed by atoms with Gasteiger partial charge in [0.05, 0.1) is 0 Å². The average Bonchev–Trinajstić information content (AvgIpc) is 2.65. The lowest BCUT2D eigenvalue weighted by Gasteiger charge is -2.27. The fraction of sp³-hybridized carbons (Fsp3) is 1.00. The number of quaternary nitrogens is 1. The standard InChI is InChI=1S/C24H52NO2.ClH/c1-4-6-8-10-12-14-16-18-20-22-24(3)25(26,27)23-21-19-17-15-13-11-9-7-5-2;/h24,26-27H,4-23H2,1-3H3;1H/q+1;/p-1. The molecule has 4 heteroatoms. The maximum atomic E-state index is 10.3. The largest absolute Gasteiger partial charge is 1.00 e. The summed E-state index contributed by atoms with van der Waals surface area (Å²) in [7, 11) is 0. The van der Waals surface area contributed by atoms with Crippen molar-refractivity contribution in [3.8, 4) is 0 Å². The van der Waals surface area contributed by atoms with Crippen LogP contribution in [0, 0.1) is 0 Å². The second-order valence-electron chi connectivity index (χ2n) is 8.80. The highest BCUT2D eigenvalue weighted by Crippen LogP contribution is 2.17. The summed E-state index contributed by atoms with van der Waals surface area (Å²) >= 11 is 0. The van der Waals surface area contributed by atoms with Crippen LogP contribution in [0.1, 0.15) is 143 Å². The Bertz CT molecular complexity index is 300. The third-order valence-electron chi connectivity index (χ3n) is 6.02. The molecule has 0 radical (unpaired) electrons. The predicted molar refractivity (Wildman–Crippen MR) is 117 cm³/mol. The highest BCUT2D eigenvalue weighted by Gasteiger charge is 2.30. The van der Waals surface area contributed by atoms with Gasteiger partial charge in [0.25, 0.3) is 0 Å². The maximum absolute atomic E-state index is 10.3. The molecule has 0 aliphatic heterocycles. The second kappa shape index (κ2) is 21.9. The van der Waals surface area contributed by atoms with Crippen LogP contribution in [-0.2, 0) is 0 Å². The van der Waals surface area contributed by atoms with E-state index in [0.29, 0.717) is 6.54 Å². The molecule has 0 saturated carbocycles. The Morgan fingerprint density at radius 3 is 1.25 bits per heavy atom. The Morgan fingerprint density at radius 2 is 0.857 bits per heavy atom. The van der Waals surface area contributed by atoms with Gasteiger partial charge in [-0.1, -0.05) is 110 Å². The van der Waals surface area contributed by atoms with Crippen molar-refractivity contribution in [2.45, 2.75) is 149 Å². The first kappa shape index (κ1) is 30.4. The zero-order valence-corrected chi connectivity index (χ0v) is 20.2. The minimum atomic E-state index is -0.770. The van der Waals surface area contributed by atoms with Gasteiger partial charge < -0.3 is 12.4 Å². The number of halogens is 1. The number of hydrogen-bond donors (Lipinski definition) is 2. The monoisotopic (exact) mass is 421 g/mol. The minimum absolute atomic E-state index is 0. The van der Waals surface area contributed by atoms with E-state index in [9.17, 15) is 10.4 Å². The lowest BCUT2D eigenvalue weighted by atomic mass is 10.0. The molecule has 0 aromatic rings. The Hall–Kier alpha value is 0.170. The predicted octanol–water partition coefficient (Wildman–Crippen LogP) is 5.43. The van der Waals surface area contributed by atoms with E-state index in [-0.39, 0.29) is 18.4 Å². The fourth-order valence-corrected chi connectivity index (χ4v) is 3.83. The van der Waals surface area contributed by atoms with Crippen LogP contribution in [-0.4, -0.2) is 27.8 Å². The van der Waals surface area contributed by atoms with E-state index in [1.165, 1.54) is 96.3 Å². The van der Waals surface area contributed by atoms with Gasteiger partial charge in [0.15, 0.2) is 0 Å². The highest BCUT2D eigenvalue weighted by atomic mass is 35.5. The van der Waals surface area contributed by atoms with Crippen molar-refractivity contribution in [1.82, 2.24) is 0 Å².